The Balaban J connectivity index is 1.69. The van der Waals surface area contributed by atoms with Crippen molar-refractivity contribution in [1.82, 2.24) is 10.1 Å². The molecule has 0 bridgehead atoms. The number of amides is 1. The lowest BCUT2D eigenvalue weighted by molar-refractivity contribution is -0.166. The standard InChI is InChI=1S/C18H21F3N4O3/c1-4-27-12-9-17(22,16(12,2)3)14(26)23-11-7-5-10(6-8-11)13-24-15(28-25-13)18(19,20)21/h5-8,12H,4,9,22H2,1-3H3,(H,23,26). The van der Waals surface area contributed by atoms with Crippen LogP contribution in [0, 0.1) is 5.41 Å². The van der Waals surface area contributed by atoms with Crippen molar-refractivity contribution in [2.24, 2.45) is 11.1 Å². The summed E-state index contributed by atoms with van der Waals surface area (Å²) in [4.78, 5) is 16.0. The Morgan fingerprint density at radius 3 is 2.50 bits per heavy atom. The maximum atomic E-state index is 12.7. The summed E-state index contributed by atoms with van der Waals surface area (Å²) < 4.78 is 47.5. The van der Waals surface area contributed by atoms with Crippen molar-refractivity contribution in [1.29, 1.82) is 0 Å². The molecule has 1 aliphatic carbocycles. The maximum absolute atomic E-state index is 12.7. The lowest BCUT2D eigenvalue weighted by Gasteiger charge is -2.57. The first-order chi connectivity index (χ1) is 13.0. The second-order valence-electron chi connectivity index (χ2n) is 7.29. The van der Waals surface area contributed by atoms with Crippen LogP contribution in [0.3, 0.4) is 0 Å². The van der Waals surface area contributed by atoms with E-state index < -0.39 is 23.0 Å². The number of halogens is 3. The highest BCUT2D eigenvalue weighted by molar-refractivity contribution is 5.99. The molecular formula is C18H21F3N4O3. The van der Waals surface area contributed by atoms with Crippen molar-refractivity contribution < 1.29 is 27.2 Å². The summed E-state index contributed by atoms with van der Waals surface area (Å²) in [6, 6.07) is 6.04. The van der Waals surface area contributed by atoms with Gasteiger partial charge in [0.2, 0.25) is 11.7 Å². The van der Waals surface area contributed by atoms with Crippen LogP contribution in [0.4, 0.5) is 18.9 Å². The van der Waals surface area contributed by atoms with Crippen LogP contribution in [0.25, 0.3) is 11.4 Å². The van der Waals surface area contributed by atoms with E-state index in [1.165, 1.54) is 24.3 Å². The first kappa shape index (κ1) is 20.3. The Morgan fingerprint density at radius 2 is 2.00 bits per heavy atom. The Hall–Kier alpha value is -2.46. The molecule has 2 unspecified atom stereocenters. The zero-order chi connectivity index (χ0) is 20.7. The number of hydrogen-bond donors (Lipinski definition) is 2. The zero-order valence-corrected chi connectivity index (χ0v) is 15.6. The number of hydrogen-bond acceptors (Lipinski definition) is 6. The van der Waals surface area contributed by atoms with Gasteiger partial charge in [0, 0.05) is 29.7 Å². The van der Waals surface area contributed by atoms with E-state index in [1.54, 1.807) is 0 Å². The van der Waals surface area contributed by atoms with Gasteiger partial charge in [-0.3, -0.25) is 4.79 Å². The van der Waals surface area contributed by atoms with Crippen LogP contribution in [-0.4, -0.2) is 34.3 Å². The van der Waals surface area contributed by atoms with Gasteiger partial charge in [-0.05, 0) is 31.2 Å². The van der Waals surface area contributed by atoms with Crippen LogP contribution in [-0.2, 0) is 15.7 Å². The topological polar surface area (TPSA) is 103 Å². The molecule has 3 N–H and O–H groups in total. The van der Waals surface area contributed by atoms with Gasteiger partial charge in [0.1, 0.15) is 5.54 Å². The van der Waals surface area contributed by atoms with Crippen LogP contribution >= 0.6 is 0 Å². The van der Waals surface area contributed by atoms with Gasteiger partial charge in [0.05, 0.1) is 6.10 Å². The summed E-state index contributed by atoms with van der Waals surface area (Å²) in [7, 11) is 0. The number of benzene rings is 1. The summed E-state index contributed by atoms with van der Waals surface area (Å²) >= 11 is 0. The molecule has 10 heteroatoms. The minimum atomic E-state index is -4.70. The van der Waals surface area contributed by atoms with E-state index in [1.807, 2.05) is 20.8 Å². The fourth-order valence-corrected chi connectivity index (χ4v) is 3.22. The first-order valence-electron chi connectivity index (χ1n) is 8.72. The average molecular weight is 398 g/mol. The van der Waals surface area contributed by atoms with Crippen LogP contribution < -0.4 is 11.1 Å². The largest absolute Gasteiger partial charge is 0.471 e. The highest BCUT2D eigenvalue weighted by atomic mass is 19.4. The molecular weight excluding hydrogens is 377 g/mol. The fourth-order valence-electron chi connectivity index (χ4n) is 3.22. The molecule has 1 aliphatic rings. The summed E-state index contributed by atoms with van der Waals surface area (Å²) in [5.41, 5.74) is 5.48. The van der Waals surface area contributed by atoms with Gasteiger partial charge in [0.25, 0.3) is 0 Å². The molecule has 0 aliphatic heterocycles. The second kappa shape index (κ2) is 6.85. The van der Waals surface area contributed by atoms with Crippen LogP contribution in [0.2, 0.25) is 0 Å². The number of nitrogens with two attached hydrogens (primary N) is 1. The van der Waals surface area contributed by atoms with Crippen LogP contribution in [0.1, 0.15) is 33.1 Å². The molecule has 0 spiro atoms. The normalized spacial score (nSPS) is 23.9. The number of anilines is 1. The van der Waals surface area contributed by atoms with Crippen LogP contribution in [0.5, 0.6) is 0 Å². The van der Waals surface area contributed by atoms with Gasteiger partial charge in [-0.1, -0.05) is 19.0 Å². The molecule has 152 valence electrons. The third-order valence-corrected chi connectivity index (χ3v) is 5.30. The van der Waals surface area contributed by atoms with Crippen molar-refractivity contribution in [3.63, 3.8) is 0 Å². The number of aromatic nitrogens is 2. The van der Waals surface area contributed by atoms with Crippen LogP contribution in [0.15, 0.2) is 28.8 Å². The van der Waals surface area contributed by atoms with Gasteiger partial charge >= 0.3 is 12.1 Å². The van der Waals surface area contributed by atoms with E-state index in [9.17, 15) is 18.0 Å². The van der Waals surface area contributed by atoms with E-state index in [-0.39, 0.29) is 17.8 Å². The Labute approximate surface area is 159 Å². The van der Waals surface area contributed by atoms with Crippen molar-refractivity contribution in [2.45, 2.75) is 45.0 Å². The maximum Gasteiger partial charge on any atom is 0.471 e. The molecule has 1 aromatic carbocycles. The van der Waals surface area contributed by atoms with Gasteiger partial charge in [0.15, 0.2) is 0 Å². The summed E-state index contributed by atoms with van der Waals surface area (Å²) in [5.74, 6) is -1.96. The molecule has 28 heavy (non-hydrogen) atoms. The summed E-state index contributed by atoms with van der Waals surface area (Å²) in [5, 5.41) is 6.07. The number of ether oxygens (including phenoxy) is 1. The number of nitrogens with one attached hydrogen (secondary N) is 1. The summed E-state index contributed by atoms with van der Waals surface area (Å²) in [6.07, 6.45) is -4.40. The van der Waals surface area contributed by atoms with E-state index in [0.29, 0.717) is 24.3 Å². The zero-order valence-electron chi connectivity index (χ0n) is 15.6. The molecule has 1 fully saturated rings. The minimum Gasteiger partial charge on any atom is -0.378 e. The Morgan fingerprint density at radius 1 is 1.36 bits per heavy atom. The van der Waals surface area contributed by atoms with Gasteiger partial charge in [-0.2, -0.15) is 18.2 Å². The predicted molar refractivity (Wildman–Crippen MR) is 94.1 cm³/mol. The number of nitrogens with zero attached hydrogens (tertiary/aromatic N) is 2. The molecule has 1 heterocycles. The molecule has 0 radical (unpaired) electrons. The number of carbonyl (C=O) groups is 1. The fraction of sp³-hybridized carbons (Fsp3) is 0.500. The van der Waals surface area contributed by atoms with E-state index in [4.69, 9.17) is 10.5 Å². The molecule has 1 saturated carbocycles. The van der Waals surface area contributed by atoms with Crippen molar-refractivity contribution in [3.05, 3.63) is 30.2 Å². The van der Waals surface area contributed by atoms with Gasteiger partial charge < -0.3 is 20.3 Å². The Bertz CT molecular complexity index is 864. The van der Waals surface area contributed by atoms with Crippen molar-refractivity contribution in [2.75, 3.05) is 11.9 Å². The van der Waals surface area contributed by atoms with E-state index in [2.05, 4.69) is 20.0 Å². The highest BCUT2D eigenvalue weighted by Gasteiger charge is 2.62. The van der Waals surface area contributed by atoms with Gasteiger partial charge in [-0.25, -0.2) is 0 Å². The molecule has 1 aromatic heterocycles. The minimum absolute atomic E-state index is 0.100. The first-order valence-corrected chi connectivity index (χ1v) is 8.72. The quantitative estimate of drug-likeness (QED) is 0.802. The Kier molecular flexibility index (Phi) is 4.96. The molecule has 2 atom stereocenters. The highest BCUT2D eigenvalue weighted by Crippen LogP contribution is 2.50. The third kappa shape index (κ3) is 3.37. The molecule has 0 saturated heterocycles. The number of alkyl halides is 3. The second-order valence-corrected chi connectivity index (χ2v) is 7.29. The van der Waals surface area contributed by atoms with Crippen molar-refractivity contribution >= 4 is 11.6 Å². The molecule has 1 amide bonds. The predicted octanol–water partition coefficient (Wildman–Crippen LogP) is 3.23. The lowest BCUT2D eigenvalue weighted by atomic mass is 9.54. The lowest BCUT2D eigenvalue weighted by Crippen LogP contribution is -2.74. The van der Waals surface area contributed by atoms with Gasteiger partial charge in [-0.15, -0.1) is 0 Å². The number of carbonyl (C=O) groups excluding carboxylic acids is 1. The molecule has 2 aromatic rings. The molecule has 7 nitrogen and oxygen atoms in total. The SMILES string of the molecule is CCOC1CC(N)(C(=O)Nc2ccc(-c3noc(C(F)(F)F)n3)cc2)C1(C)C. The smallest absolute Gasteiger partial charge is 0.378 e. The third-order valence-electron chi connectivity index (χ3n) is 5.30. The number of rotatable bonds is 5. The molecule has 3 rings (SSSR count). The average Bonchev–Trinajstić information content (AvgIpc) is 3.12. The monoisotopic (exact) mass is 398 g/mol. The van der Waals surface area contributed by atoms with E-state index in [0.717, 1.165) is 0 Å². The van der Waals surface area contributed by atoms with Crippen molar-refractivity contribution in [3.8, 4) is 11.4 Å². The summed E-state index contributed by atoms with van der Waals surface area (Å²) in [6.45, 7) is 6.19. The van der Waals surface area contributed by atoms with E-state index >= 15 is 0 Å².